The molecular formula is C22H37N. The lowest BCUT2D eigenvalue weighted by Gasteiger charge is -2.40. The van der Waals surface area contributed by atoms with Crippen LogP contribution in [0.2, 0.25) is 0 Å². The molecule has 1 heteroatoms. The summed E-state index contributed by atoms with van der Waals surface area (Å²) in [6, 6.07) is 2.66. The number of allylic oxidation sites excluding steroid dienone is 2. The van der Waals surface area contributed by atoms with E-state index in [1.165, 1.54) is 64.2 Å². The number of nitriles is 1. The van der Waals surface area contributed by atoms with Gasteiger partial charge in [-0.25, -0.2) is 0 Å². The van der Waals surface area contributed by atoms with Crippen molar-refractivity contribution in [1.82, 2.24) is 0 Å². The third kappa shape index (κ3) is 5.37. The van der Waals surface area contributed by atoms with Crippen molar-refractivity contribution in [2.75, 3.05) is 0 Å². The standard InChI is InChI=1S/C22H37N/c1-3-5-7-8-19-9-11-20(12-10-19)21-13-16-22(18-23,17-14-21)15-6-4-2/h4,6,19-21H,3,5,7-17H2,1-2H3. The maximum absolute atomic E-state index is 9.62. The minimum Gasteiger partial charge on any atom is -0.198 e. The average molecular weight is 316 g/mol. The van der Waals surface area contributed by atoms with Gasteiger partial charge in [0.05, 0.1) is 11.5 Å². The molecule has 0 heterocycles. The van der Waals surface area contributed by atoms with Crippen molar-refractivity contribution in [2.45, 2.75) is 97.3 Å². The summed E-state index contributed by atoms with van der Waals surface area (Å²) in [7, 11) is 0. The monoisotopic (exact) mass is 315 g/mol. The van der Waals surface area contributed by atoms with E-state index in [4.69, 9.17) is 0 Å². The summed E-state index contributed by atoms with van der Waals surface area (Å²) in [5.41, 5.74) is -0.0413. The average Bonchev–Trinajstić information content (AvgIpc) is 2.61. The Labute approximate surface area is 144 Å². The summed E-state index contributed by atoms with van der Waals surface area (Å²) in [6.45, 7) is 4.37. The predicted octanol–water partition coefficient (Wildman–Crippen LogP) is 7.04. The molecule has 0 aromatic carbocycles. The van der Waals surface area contributed by atoms with Crippen LogP contribution in [0.15, 0.2) is 12.2 Å². The molecule has 0 bridgehead atoms. The second kappa shape index (κ2) is 9.51. The third-order valence-electron chi connectivity index (χ3n) is 6.74. The van der Waals surface area contributed by atoms with E-state index in [1.54, 1.807) is 0 Å². The second-order valence-electron chi connectivity index (χ2n) is 8.28. The van der Waals surface area contributed by atoms with Crippen molar-refractivity contribution in [1.29, 1.82) is 5.26 Å². The van der Waals surface area contributed by atoms with Crippen LogP contribution in [-0.2, 0) is 0 Å². The zero-order chi connectivity index (χ0) is 16.5. The third-order valence-corrected chi connectivity index (χ3v) is 6.74. The van der Waals surface area contributed by atoms with Crippen LogP contribution in [0.3, 0.4) is 0 Å². The Bertz CT molecular complexity index is 387. The van der Waals surface area contributed by atoms with Gasteiger partial charge in [0, 0.05) is 0 Å². The molecule has 2 aliphatic carbocycles. The quantitative estimate of drug-likeness (QED) is 0.365. The molecule has 0 atom stereocenters. The minimum atomic E-state index is -0.0413. The molecule has 0 saturated heterocycles. The molecule has 23 heavy (non-hydrogen) atoms. The molecule has 130 valence electrons. The molecule has 1 nitrogen and oxygen atoms in total. The van der Waals surface area contributed by atoms with Crippen molar-refractivity contribution in [3.05, 3.63) is 12.2 Å². The second-order valence-corrected chi connectivity index (χ2v) is 8.28. The Morgan fingerprint density at radius 2 is 1.65 bits per heavy atom. The van der Waals surface area contributed by atoms with Crippen molar-refractivity contribution in [2.24, 2.45) is 23.2 Å². The molecule has 2 saturated carbocycles. The molecule has 0 aromatic heterocycles. The molecule has 0 amide bonds. The maximum atomic E-state index is 9.62. The Balaban J connectivity index is 1.73. The van der Waals surface area contributed by atoms with Gasteiger partial charge in [0.2, 0.25) is 0 Å². The molecule has 0 spiro atoms. The highest BCUT2D eigenvalue weighted by Crippen LogP contribution is 2.47. The molecular weight excluding hydrogens is 278 g/mol. The van der Waals surface area contributed by atoms with Crippen LogP contribution >= 0.6 is 0 Å². The first kappa shape index (κ1) is 18.6. The van der Waals surface area contributed by atoms with E-state index in [0.29, 0.717) is 0 Å². The molecule has 2 rings (SSSR count). The number of unbranched alkanes of at least 4 members (excludes halogenated alkanes) is 2. The summed E-state index contributed by atoms with van der Waals surface area (Å²) in [4.78, 5) is 0. The van der Waals surface area contributed by atoms with Gasteiger partial charge < -0.3 is 0 Å². The molecule has 0 unspecified atom stereocenters. The Hall–Kier alpha value is -0.770. The summed E-state index contributed by atoms with van der Waals surface area (Å²) in [6.07, 6.45) is 21.7. The summed E-state index contributed by atoms with van der Waals surface area (Å²) in [5.74, 6) is 2.91. The molecule has 2 fully saturated rings. The largest absolute Gasteiger partial charge is 0.198 e. The van der Waals surface area contributed by atoms with Crippen LogP contribution in [0.5, 0.6) is 0 Å². The van der Waals surface area contributed by atoms with Gasteiger partial charge >= 0.3 is 0 Å². The van der Waals surface area contributed by atoms with E-state index >= 15 is 0 Å². The van der Waals surface area contributed by atoms with Gasteiger partial charge in [-0.15, -0.1) is 0 Å². The smallest absolute Gasteiger partial charge is 0.0693 e. The topological polar surface area (TPSA) is 23.8 Å². The zero-order valence-electron chi connectivity index (χ0n) is 15.5. The van der Waals surface area contributed by atoms with Crippen molar-refractivity contribution in [3.63, 3.8) is 0 Å². The first-order valence-electron chi connectivity index (χ1n) is 10.3. The Morgan fingerprint density at radius 1 is 1.00 bits per heavy atom. The highest BCUT2D eigenvalue weighted by Gasteiger charge is 2.37. The van der Waals surface area contributed by atoms with E-state index < -0.39 is 0 Å². The van der Waals surface area contributed by atoms with Crippen LogP contribution in [0.25, 0.3) is 0 Å². The van der Waals surface area contributed by atoms with Gasteiger partial charge in [-0.3, -0.25) is 0 Å². The number of nitrogens with zero attached hydrogens (tertiary/aromatic N) is 1. The summed E-state index contributed by atoms with van der Waals surface area (Å²) in [5, 5.41) is 9.62. The lowest BCUT2D eigenvalue weighted by Crippen LogP contribution is -2.30. The van der Waals surface area contributed by atoms with E-state index in [9.17, 15) is 5.26 Å². The Morgan fingerprint density at radius 3 is 2.22 bits per heavy atom. The van der Waals surface area contributed by atoms with E-state index in [1.807, 2.05) is 0 Å². The minimum absolute atomic E-state index is 0.0413. The number of hydrogen-bond donors (Lipinski definition) is 0. The van der Waals surface area contributed by atoms with E-state index in [-0.39, 0.29) is 5.41 Å². The lowest BCUT2D eigenvalue weighted by molar-refractivity contribution is 0.121. The van der Waals surface area contributed by atoms with Crippen LogP contribution in [0.1, 0.15) is 97.3 Å². The molecule has 2 aliphatic rings. The highest BCUT2D eigenvalue weighted by atomic mass is 14.4. The zero-order valence-corrected chi connectivity index (χ0v) is 15.5. The molecule has 0 aromatic rings. The normalized spacial score (nSPS) is 35.3. The van der Waals surface area contributed by atoms with Gasteiger partial charge in [0.25, 0.3) is 0 Å². The van der Waals surface area contributed by atoms with Gasteiger partial charge in [0.15, 0.2) is 0 Å². The van der Waals surface area contributed by atoms with Crippen LogP contribution < -0.4 is 0 Å². The van der Waals surface area contributed by atoms with E-state index in [0.717, 1.165) is 37.0 Å². The first-order chi connectivity index (χ1) is 11.2. The van der Waals surface area contributed by atoms with Crippen molar-refractivity contribution in [3.8, 4) is 6.07 Å². The Kier molecular flexibility index (Phi) is 7.68. The van der Waals surface area contributed by atoms with Crippen LogP contribution in [0.4, 0.5) is 0 Å². The number of hydrogen-bond acceptors (Lipinski definition) is 1. The van der Waals surface area contributed by atoms with Gasteiger partial charge in [-0.05, 0) is 69.6 Å². The van der Waals surface area contributed by atoms with Crippen LogP contribution in [-0.4, -0.2) is 0 Å². The number of rotatable bonds is 7. The molecule has 0 aliphatic heterocycles. The predicted molar refractivity (Wildman–Crippen MR) is 99.0 cm³/mol. The fraction of sp³-hybridized carbons (Fsp3) is 0.864. The molecule has 0 radical (unpaired) electrons. The fourth-order valence-electron chi connectivity index (χ4n) is 5.00. The van der Waals surface area contributed by atoms with Gasteiger partial charge in [-0.1, -0.05) is 57.6 Å². The van der Waals surface area contributed by atoms with Gasteiger partial charge in [0.1, 0.15) is 0 Å². The van der Waals surface area contributed by atoms with Crippen molar-refractivity contribution < 1.29 is 0 Å². The first-order valence-corrected chi connectivity index (χ1v) is 10.3. The highest BCUT2D eigenvalue weighted by molar-refractivity contribution is 5.06. The van der Waals surface area contributed by atoms with Crippen LogP contribution in [0, 0.1) is 34.5 Å². The summed E-state index contributed by atoms with van der Waals surface area (Å²) >= 11 is 0. The SMILES string of the molecule is CC=CCC1(C#N)CCC(C2CCC(CCCCC)CC2)CC1. The lowest BCUT2D eigenvalue weighted by atomic mass is 9.64. The van der Waals surface area contributed by atoms with Gasteiger partial charge in [-0.2, -0.15) is 5.26 Å². The van der Waals surface area contributed by atoms with E-state index in [2.05, 4.69) is 32.1 Å². The van der Waals surface area contributed by atoms with Crippen molar-refractivity contribution >= 4 is 0 Å². The summed E-state index contributed by atoms with van der Waals surface area (Å²) < 4.78 is 0. The maximum Gasteiger partial charge on any atom is 0.0693 e. The fourth-order valence-corrected chi connectivity index (χ4v) is 5.00. The molecule has 0 N–H and O–H groups in total.